The number of hydrogen-bond acceptors (Lipinski definition) is 4. The van der Waals surface area contributed by atoms with Gasteiger partial charge in [0, 0.05) is 18.7 Å². The van der Waals surface area contributed by atoms with Gasteiger partial charge in [0.1, 0.15) is 11.5 Å². The predicted molar refractivity (Wildman–Crippen MR) is 123 cm³/mol. The lowest BCUT2D eigenvalue weighted by molar-refractivity contribution is 0.0600. The first kappa shape index (κ1) is 21.6. The van der Waals surface area contributed by atoms with Crippen molar-refractivity contribution in [2.45, 2.75) is 26.3 Å². The fraction of sp³-hybridized carbons (Fsp3) is 0.259. The van der Waals surface area contributed by atoms with E-state index in [9.17, 15) is 9.59 Å². The van der Waals surface area contributed by atoms with Gasteiger partial charge in [-0.15, -0.1) is 0 Å². The van der Waals surface area contributed by atoms with Crippen molar-refractivity contribution in [2.24, 2.45) is 5.92 Å². The normalized spacial score (nSPS) is 12.8. The Kier molecular flexibility index (Phi) is 6.55. The maximum atomic E-state index is 13.3. The van der Waals surface area contributed by atoms with Gasteiger partial charge in [-0.1, -0.05) is 30.3 Å². The zero-order valence-electron chi connectivity index (χ0n) is 18.4. The summed E-state index contributed by atoms with van der Waals surface area (Å²) in [5.41, 5.74) is 3.17. The van der Waals surface area contributed by atoms with Crippen LogP contribution in [0.4, 0.5) is 0 Å². The fourth-order valence-corrected chi connectivity index (χ4v) is 3.56. The Bertz CT molecular complexity index is 1090. The SMILES string of the molecule is COC(=O)c1ccc(CN(CC2CC2)C(=O)c2ccc(Oc3ccccc3C)cc2)cc1. The van der Waals surface area contributed by atoms with E-state index in [2.05, 4.69) is 0 Å². The minimum atomic E-state index is -0.365. The summed E-state index contributed by atoms with van der Waals surface area (Å²) < 4.78 is 10.7. The number of ether oxygens (including phenoxy) is 2. The molecular weight excluding hydrogens is 402 g/mol. The van der Waals surface area contributed by atoms with Crippen molar-refractivity contribution in [3.05, 3.63) is 95.1 Å². The number of esters is 1. The third kappa shape index (κ3) is 5.35. The van der Waals surface area contributed by atoms with Gasteiger partial charge in [-0.05, 0) is 79.3 Å². The Morgan fingerprint density at radius 1 is 0.906 bits per heavy atom. The lowest BCUT2D eigenvalue weighted by Crippen LogP contribution is -2.32. The number of methoxy groups -OCH3 is 1. The van der Waals surface area contributed by atoms with Gasteiger partial charge < -0.3 is 14.4 Å². The molecule has 0 radical (unpaired) electrons. The number of para-hydroxylation sites is 1. The van der Waals surface area contributed by atoms with Crippen molar-refractivity contribution in [1.82, 2.24) is 4.90 Å². The van der Waals surface area contributed by atoms with Crippen LogP contribution in [0, 0.1) is 12.8 Å². The molecule has 164 valence electrons. The van der Waals surface area contributed by atoms with Crippen molar-refractivity contribution in [2.75, 3.05) is 13.7 Å². The predicted octanol–water partition coefficient (Wildman–Crippen LogP) is 5.63. The third-order valence-electron chi connectivity index (χ3n) is 5.63. The second-order valence-corrected chi connectivity index (χ2v) is 8.21. The number of amides is 1. The van der Waals surface area contributed by atoms with Gasteiger partial charge >= 0.3 is 5.97 Å². The maximum Gasteiger partial charge on any atom is 0.337 e. The van der Waals surface area contributed by atoms with Crippen LogP contribution >= 0.6 is 0 Å². The van der Waals surface area contributed by atoms with Gasteiger partial charge in [0.2, 0.25) is 0 Å². The summed E-state index contributed by atoms with van der Waals surface area (Å²) in [5.74, 6) is 1.70. The van der Waals surface area contributed by atoms with Gasteiger partial charge in [-0.3, -0.25) is 4.79 Å². The minimum Gasteiger partial charge on any atom is -0.465 e. The molecule has 3 aromatic rings. The Labute approximate surface area is 188 Å². The van der Waals surface area contributed by atoms with Crippen LogP contribution < -0.4 is 4.74 Å². The highest BCUT2D eigenvalue weighted by Gasteiger charge is 2.27. The van der Waals surface area contributed by atoms with Crippen molar-refractivity contribution >= 4 is 11.9 Å². The number of benzene rings is 3. The molecule has 0 aliphatic heterocycles. The largest absolute Gasteiger partial charge is 0.465 e. The number of carbonyl (C=O) groups excluding carboxylic acids is 2. The summed E-state index contributed by atoms with van der Waals surface area (Å²) in [7, 11) is 1.36. The molecule has 0 atom stereocenters. The smallest absolute Gasteiger partial charge is 0.337 e. The van der Waals surface area contributed by atoms with Crippen LogP contribution in [0.2, 0.25) is 0 Å². The lowest BCUT2D eigenvalue weighted by atomic mass is 10.1. The van der Waals surface area contributed by atoms with E-state index < -0.39 is 0 Å². The molecule has 4 rings (SSSR count). The van der Waals surface area contributed by atoms with E-state index in [0.29, 0.717) is 29.3 Å². The zero-order valence-corrected chi connectivity index (χ0v) is 18.4. The summed E-state index contributed by atoms with van der Waals surface area (Å²) in [6.07, 6.45) is 2.32. The fourth-order valence-electron chi connectivity index (χ4n) is 3.56. The molecule has 1 aliphatic rings. The van der Waals surface area contributed by atoms with E-state index in [1.807, 2.05) is 72.5 Å². The highest BCUT2D eigenvalue weighted by Crippen LogP contribution is 2.31. The number of nitrogens with zero attached hydrogens (tertiary/aromatic N) is 1. The van der Waals surface area contributed by atoms with Gasteiger partial charge in [0.15, 0.2) is 0 Å². The van der Waals surface area contributed by atoms with Crippen LogP contribution in [-0.4, -0.2) is 30.4 Å². The Morgan fingerprint density at radius 3 is 2.19 bits per heavy atom. The molecule has 1 aliphatic carbocycles. The quantitative estimate of drug-likeness (QED) is 0.436. The van der Waals surface area contributed by atoms with Crippen LogP contribution in [0.15, 0.2) is 72.8 Å². The van der Waals surface area contributed by atoms with E-state index in [1.54, 1.807) is 12.1 Å². The van der Waals surface area contributed by atoms with Crippen molar-refractivity contribution in [3.63, 3.8) is 0 Å². The average molecular weight is 430 g/mol. The molecule has 5 heteroatoms. The molecular formula is C27H27NO4. The molecule has 0 bridgehead atoms. The summed E-state index contributed by atoms with van der Waals surface area (Å²) in [6, 6.07) is 22.4. The van der Waals surface area contributed by atoms with E-state index in [1.165, 1.54) is 7.11 Å². The molecule has 5 nitrogen and oxygen atoms in total. The number of hydrogen-bond donors (Lipinski definition) is 0. The van der Waals surface area contributed by atoms with Crippen molar-refractivity contribution < 1.29 is 19.1 Å². The lowest BCUT2D eigenvalue weighted by Gasteiger charge is -2.23. The average Bonchev–Trinajstić information content (AvgIpc) is 3.64. The van der Waals surface area contributed by atoms with Crippen LogP contribution in [0.25, 0.3) is 0 Å². The second kappa shape index (κ2) is 9.69. The first-order chi connectivity index (χ1) is 15.5. The molecule has 0 unspecified atom stereocenters. The summed E-state index contributed by atoms with van der Waals surface area (Å²) in [6.45, 7) is 3.23. The molecule has 0 spiro atoms. The minimum absolute atomic E-state index is 0.00335. The second-order valence-electron chi connectivity index (χ2n) is 8.21. The van der Waals surface area contributed by atoms with Crippen molar-refractivity contribution in [3.8, 4) is 11.5 Å². The summed E-state index contributed by atoms with van der Waals surface area (Å²) >= 11 is 0. The zero-order chi connectivity index (χ0) is 22.5. The van der Waals surface area contributed by atoms with Gasteiger partial charge in [-0.2, -0.15) is 0 Å². The molecule has 1 saturated carbocycles. The van der Waals surface area contributed by atoms with E-state index >= 15 is 0 Å². The highest BCUT2D eigenvalue weighted by molar-refractivity contribution is 5.94. The Balaban J connectivity index is 1.46. The number of carbonyl (C=O) groups is 2. The molecule has 0 aromatic heterocycles. The van der Waals surface area contributed by atoms with Crippen LogP contribution in [0.5, 0.6) is 11.5 Å². The summed E-state index contributed by atoms with van der Waals surface area (Å²) in [4.78, 5) is 26.8. The van der Waals surface area contributed by atoms with Gasteiger partial charge in [-0.25, -0.2) is 4.79 Å². The first-order valence-corrected chi connectivity index (χ1v) is 10.8. The maximum absolute atomic E-state index is 13.3. The molecule has 3 aromatic carbocycles. The molecule has 1 amide bonds. The monoisotopic (exact) mass is 429 g/mol. The van der Waals surface area contributed by atoms with E-state index in [0.717, 1.165) is 36.3 Å². The Hall–Kier alpha value is -3.60. The van der Waals surface area contributed by atoms with E-state index in [-0.39, 0.29) is 11.9 Å². The number of aryl methyl sites for hydroxylation is 1. The van der Waals surface area contributed by atoms with Crippen LogP contribution in [-0.2, 0) is 11.3 Å². The highest BCUT2D eigenvalue weighted by atomic mass is 16.5. The molecule has 0 heterocycles. The van der Waals surface area contributed by atoms with Crippen LogP contribution in [0.1, 0.15) is 44.7 Å². The molecule has 1 fully saturated rings. The molecule has 0 saturated heterocycles. The van der Waals surface area contributed by atoms with Gasteiger partial charge in [0.25, 0.3) is 5.91 Å². The van der Waals surface area contributed by atoms with Crippen molar-refractivity contribution in [1.29, 1.82) is 0 Å². The summed E-state index contributed by atoms with van der Waals surface area (Å²) in [5, 5.41) is 0. The molecule has 32 heavy (non-hydrogen) atoms. The first-order valence-electron chi connectivity index (χ1n) is 10.8. The van der Waals surface area contributed by atoms with E-state index in [4.69, 9.17) is 9.47 Å². The third-order valence-corrected chi connectivity index (χ3v) is 5.63. The number of rotatable bonds is 8. The molecule has 0 N–H and O–H groups in total. The topological polar surface area (TPSA) is 55.8 Å². The Morgan fingerprint density at radius 2 is 1.56 bits per heavy atom. The van der Waals surface area contributed by atoms with Gasteiger partial charge in [0.05, 0.1) is 12.7 Å². The standard InChI is InChI=1S/C27H27NO4/c1-19-5-3-4-6-25(19)32-24-15-13-22(14-16-24)26(29)28(17-20-7-8-20)18-21-9-11-23(12-10-21)27(30)31-2/h3-6,9-16,20H,7-8,17-18H2,1-2H3. The van der Waals surface area contributed by atoms with Crippen LogP contribution in [0.3, 0.4) is 0 Å².